The number of hydrogen-bond donors (Lipinski definition) is 2. The number of aliphatic carboxylic acids is 1. The molecule has 0 aromatic heterocycles. The maximum absolute atomic E-state index is 12.3. The van der Waals surface area contributed by atoms with E-state index in [-0.39, 0.29) is 12.1 Å². The lowest BCUT2D eigenvalue weighted by Gasteiger charge is -2.38. The molecule has 2 rings (SSSR count). The molecule has 0 bridgehead atoms. The molecule has 2 aliphatic rings. The summed E-state index contributed by atoms with van der Waals surface area (Å²) < 4.78 is 0. The molecule has 0 aromatic carbocycles. The van der Waals surface area contributed by atoms with Crippen molar-refractivity contribution >= 4 is 12.0 Å². The van der Waals surface area contributed by atoms with E-state index in [1.807, 2.05) is 4.90 Å². The summed E-state index contributed by atoms with van der Waals surface area (Å²) >= 11 is 0. The first kappa shape index (κ1) is 15.1. The number of urea groups is 1. The van der Waals surface area contributed by atoms with Crippen LogP contribution in [-0.2, 0) is 4.79 Å². The van der Waals surface area contributed by atoms with Crippen molar-refractivity contribution in [3.63, 3.8) is 0 Å². The van der Waals surface area contributed by atoms with Gasteiger partial charge in [-0.05, 0) is 31.1 Å². The maximum Gasteiger partial charge on any atom is 0.317 e. The van der Waals surface area contributed by atoms with E-state index < -0.39 is 11.9 Å². The van der Waals surface area contributed by atoms with Gasteiger partial charge in [0, 0.05) is 19.1 Å². The van der Waals surface area contributed by atoms with Crippen LogP contribution in [0.4, 0.5) is 4.79 Å². The van der Waals surface area contributed by atoms with Crippen molar-refractivity contribution in [3.05, 3.63) is 0 Å². The van der Waals surface area contributed by atoms with Crippen molar-refractivity contribution in [3.8, 4) is 0 Å². The van der Waals surface area contributed by atoms with Crippen molar-refractivity contribution in [2.75, 3.05) is 13.1 Å². The zero-order valence-corrected chi connectivity index (χ0v) is 12.5. The van der Waals surface area contributed by atoms with Gasteiger partial charge in [0.15, 0.2) is 0 Å². The van der Waals surface area contributed by atoms with Crippen LogP contribution in [0, 0.1) is 11.3 Å². The third kappa shape index (κ3) is 3.64. The van der Waals surface area contributed by atoms with Gasteiger partial charge in [-0.3, -0.25) is 4.79 Å². The van der Waals surface area contributed by atoms with Gasteiger partial charge in [0.25, 0.3) is 0 Å². The molecule has 2 fully saturated rings. The van der Waals surface area contributed by atoms with Gasteiger partial charge in [-0.25, -0.2) is 4.79 Å². The van der Waals surface area contributed by atoms with E-state index in [2.05, 4.69) is 19.2 Å². The zero-order valence-electron chi connectivity index (χ0n) is 12.5. The summed E-state index contributed by atoms with van der Waals surface area (Å²) in [6.45, 7) is 5.99. The van der Waals surface area contributed by atoms with Crippen LogP contribution < -0.4 is 5.32 Å². The second-order valence-electron chi connectivity index (χ2n) is 6.94. The van der Waals surface area contributed by atoms with Crippen molar-refractivity contribution in [1.29, 1.82) is 0 Å². The highest BCUT2D eigenvalue weighted by Crippen LogP contribution is 2.30. The lowest BCUT2D eigenvalue weighted by atomic mass is 9.82. The van der Waals surface area contributed by atoms with Crippen LogP contribution in [0.15, 0.2) is 0 Å². The van der Waals surface area contributed by atoms with E-state index in [1.165, 1.54) is 0 Å². The number of rotatable bonds is 2. The molecule has 1 saturated heterocycles. The normalized spacial score (nSPS) is 29.8. The van der Waals surface area contributed by atoms with Crippen molar-refractivity contribution in [2.45, 2.75) is 58.4 Å². The Kier molecular flexibility index (Phi) is 4.55. The summed E-state index contributed by atoms with van der Waals surface area (Å²) in [5, 5.41) is 12.2. The van der Waals surface area contributed by atoms with Crippen LogP contribution in [0.2, 0.25) is 0 Å². The monoisotopic (exact) mass is 282 g/mol. The molecule has 5 heteroatoms. The number of carbonyl (C=O) groups is 2. The van der Waals surface area contributed by atoms with E-state index in [0.29, 0.717) is 11.8 Å². The Hall–Kier alpha value is -1.26. The van der Waals surface area contributed by atoms with E-state index in [9.17, 15) is 14.7 Å². The largest absolute Gasteiger partial charge is 0.481 e. The molecule has 0 spiro atoms. The fourth-order valence-electron chi connectivity index (χ4n) is 3.16. The minimum atomic E-state index is -0.783. The fraction of sp³-hybridized carbons (Fsp3) is 0.867. The number of nitrogens with zero attached hydrogens (tertiary/aromatic N) is 1. The number of hydrogen-bond acceptors (Lipinski definition) is 2. The summed E-state index contributed by atoms with van der Waals surface area (Å²) in [7, 11) is 0. The van der Waals surface area contributed by atoms with Crippen LogP contribution >= 0.6 is 0 Å². The molecule has 114 valence electrons. The fourth-order valence-corrected chi connectivity index (χ4v) is 3.16. The molecule has 1 saturated carbocycles. The molecule has 2 amide bonds. The average Bonchev–Trinajstić information content (AvgIpc) is 2.38. The zero-order chi connectivity index (χ0) is 14.8. The summed E-state index contributed by atoms with van der Waals surface area (Å²) in [4.78, 5) is 25.3. The Morgan fingerprint density at radius 1 is 1.15 bits per heavy atom. The van der Waals surface area contributed by atoms with Gasteiger partial charge in [0.2, 0.25) is 0 Å². The number of carboxylic acid groups (broad SMARTS) is 1. The Labute approximate surface area is 120 Å². The Balaban J connectivity index is 1.88. The molecular weight excluding hydrogens is 256 g/mol. The van der Waals surface area contributed by atoms with Crippen molar-refractivity contribution in [1.82, 2.24) is 10.2 Å². The van der Waals surface area contributed by atoms with Gasteiger partial charge in [0.05, 0.1) is 5.92 Å². The Morgan fingerprint density at radius 3 is 2.35 bits per heavy atom. The first-order valence-electron chi connectivity index (χ1n) is 7.67. The number of nitrogens with one attached hydrogen (secondary N) is 1. The minimum Gasteiger partial charge on any atom is -0.481 e. The predicted molar refractivity (Wildman–Crippen MR) is 76.5 cm³/mol. The Morgan fingerprint density at radius 2 is 1.75 bits per heavy atom. The molecule has 1 heterocycles. The van der Waals surface area contributed by atoms with Gasteiger partial charge in [0.1, 0.15) is 0 Å². The minimum absolute atomic E-state index is 0.0846. The topological polar surface area (TPSA) is 69.6 Å². The third-order valence-corrected chi connectivity index (χ3v) is 4.80. The molecule has 20 heavy (non-hydrogen) atoms. The van der Waals surface area contributed by atoms with Crippen LogP contribution in [0.3, 0.4) is 0 Å². The number of carboxylic acids is 1. The van der Waals surface area contributed by atoms with E-state index in [1.54, 1.807) is 0 Å². The quantitative estimate of drug-likeness (QED) is 0.817. The van der Waals surface area contributed by atoms with Gasteiger partial charge < -0.3 is 15.3 Å². The highest BCUT2D eigenvalue weighted by molar-refractivity contribution is 5.77. The van der Waals surface area contributed by atoms with Crippen LogP contribution in [0.25, 0.3) is 0 Å². The molecule has 0 aromatic rings. The van der Waals surface area contributed by atoms with Crippen LogP contribution in [-0.4, -0.2) is 41.1 Å². The smallest absolute Gasteiger partial charge is 0.317 e. The van der Waals surface area contributed by atoms with Crippen molar-refractivity contribution in [2.24, 2.45) is 11.3 Å². The van der Waals surface area contributed by atoms with Crippen molar-refractivity contribution < 1.29 is 14.7 Å². The molecule has 0 radical (unpaired) electrons. The molecule has 2 N–H and O–H groups in total. The second-order valence-corrected chi connectivity index (χ2v) is 6.94. The van der Waals surface area contributed by atoms with Gasteiger partial charge in [-0.2, -0.15) is 0 Å². The third-order valence-electron chi connectivity index (χ3n) is 4.80. The van der Waals surface area contributed by atoms with Gasteiger partial charge in [-0.15, -0.1) is 0 Å². The van der Waals surface area contributed by atoms with Crippen LogP contribution in [0.5, 0.6) is 0 Å². The van der Waals surface area contributed by atoms with Gasteiger partial charge >= 0.3 is 12.0 Å². The highest BCUT2D eigenvalue weighted by Gasteiger charge is 2.34. The summed E-state index contributed by atoms with van der Waals surface area (Å²) in [5.74, 6) is -1.20. The number of piperidine rings is 1. The predicted octanol–water partition coefficient (Wildman–Crippen LogP) is 2.46. The van der Waals surface area contributed by atoms with E-state index in [4.69, 9.17) is 0 Å². The van der Waals surface area contributed by atoms with Crippen LogP contribution in [0.1, 0.15) is 52.4 Å². The van der Waals surface area contributed by atoms with E-state index >= 15 is 0 Å². The molecular formula is C15H26N2O3. The molecule has 1 aliphatic heterocycles. The molecule has 2 unspecified atom stereocenters. The lowest BCUT2D eigenvalue weighted by molar-refractivity contribution is -0.143. The summed E-state index contributed by atoms with van der Waals surface area (Å²) in [6, 6.07) is -0.290. The molecule has 5 nitrogen and oxygen atoms in total. The highest BCUT2D eigenvalue weighted by atomic mass is 16.4. The SMILES string of the molecule is CC1(C)CCN(C(=O)NC2CCCCC2C(=O)O)CC1. The van der Waals surface area contributed by atoms with E-state index in [0.717, 1.165) is 45.2 Å². The first-order valence-corrected chi connectivity index (χ1v) is 7.67. The molecule has 2 atom stereocenters. The average molecular weight is 282 g/mol. The number of likely N-dealkylation sites (tertiary alicyclic amines) is 1. The molecule has 1 aliphatic carbocycles. The number of amides is 2. The number of carbonyl (C=O) groups excluding carboxylic acids is 1. The second kappa shape index (κ2) is 6.02. The first-order chi connectivity index (χ1) is 9.39. The summed E-state index contributed by atoms with van der Waals surface area (Å²) in [5.41, 5.74) is 0.311. The standard InChI is InChI=1S/C15H26N2O3/c1-15(2)7-9-17(10-8-15)14(20)16-12-6-4-3-5-11(12)13(18)19/h11-12H,3-10H2,1-2H3,(H,16,20)(H,18,19). The lowest BCUT2D eigenvalue weighted by Crippen LogP contribution is -2.52. The summed E-state index contributed by atoms with van der Waals surface area (Å²) in [6.07, 6.45) is 5.42. The van der Waals surface area contributed by atoms with Gasteiger partial charge in [-0.1, -0.05) is 26.7 Å². The Bertz CT molecular complexity index is 371. The maximum atomic E-state index is 12.3.